The van der Waals surface area contributed by atoms with Crippen molar-refractivity contribution in [1.82, 2.24) is 5.32 Å². The molecule has 1 aromatic rings. The highest BCUT2D eigenvalue weighted by Crippen LogP contribution is 2.43. The van der Waals surface area contributed by atoms with Crippen LogP contribution in [0.2, 0.25) is 0 Å². The Bertz CT molecular complexity index is 437. The van der Waals surface area contributed by atoms with Crippen LogP contribution in [0, 0.1) is 23.6 Å². The smallest absolute Gasteiger partial charge is 0.123 e. The van der Waals surface area contributed by atoms with E-state index < -0.39 is 0 Å². The van der Waals surface area contributed by atoms with Crippen molar-refractivity contribution in [3.63, 3.8) is 0 Å². The van der Waals surface area contributed by atoms with Crippen molar-refractivity contribution in [2.75, 3.05) is 6.54 Å². The van der Waals surface area contributed by atoms with Gasteiger partial charge in [-0.15, -0.1) is 0 Å². The van der Waals surface area contributed by atoms with E-state index in [4.69, 9.17) is 0 Å². The SMILES string of the molecule is C[C@H](NCC1CC2C=CC1C2)c1ccc(F)cc1. The predicted octanol–water partition coefficient (Wildman–Crippen LogP) is 3.69. The summed E-state index contributed by atoms with van der Waals surface area (Å²) in [6.45, 7) is 3.22. The van der Waals surface area contributed by atoms with Gasteiger partial charge in [0.15, 0.2) is 0 Å². The summed E-state index contributed by atoms with van der Waals surface area (Å²) in [6, 6.07) is 7.11. The van der Waals surface area contributed by atoms with Crippen molar-refractivity contribution in [1.29, 1.82) is 0 Å². The van der Waals surface area contributed by atoms with E-state index in [1.807, 2.05) is 12.1 Å². The lowest BCUT2D eigenvalue weighted by Gasteiger charge is -2.22. The molecule has 0 radical (unpaired) electrons. The normalized spacial score (nSPS) is 30.9. The molecule has 1 nitrogen and oxygen atoms in total. The first-order valence-corrected chi connectivity index (χ1v) is 6.89. The summed E-state index contributed by atoms with van der Waals surface area (Å²) < 4.78 is 12.9. The summed E-state index contributed by atoms with van der Waals surface area (Å²) in [5, 5.41) is 3.59. The van der Waals surface area contributed by atoms with E-state index in [9.17, 15) is 4.39 Å². The Balaban J connectivity index is 1.54. The van der Waals surface area contributed by atoms with Gasteiger partial charge in [-0.25, -0.2) is 4.39 Å². The predicted molar refractivity (Wildman–Crippen MR) is 71.7 cm³/mol. The number of allylic oxidation sites excluding steroid dienone is 2. The Labute approximate surface area is 108 Å². The van der Waals surface area contributed by atoms with Crippen LogP contribution in [0.1, 0.15) is 31.4 Å². The molecule has 2 aliphatic carbocycles. The van der Waals surface area contributed by atoms with Crippen LogP contribution in [0.4, 0.5) is 4.39 Å². The molecule has 0 saturated heterocycles. The zero-order chi connectivity index (χ0) is 12.5. The minimum absolute atomic E-state index is 0.163. The molecule has 0 aliphatic heterocycles. The molecule has 0 aromatic heterocycles. The Hall–Kier alpha value is -1.15. The van der Waals surface area contributed by atoms with E-state index in [0.717, 1.165) is 29.9 Å². The highest BCUT2D eigenvalue weighted by molar-refractivity contribution is 5.19. The minimum Gasteiger partial charge on any atom is -0.310 e. The number of hydrogen-bond donors (Lipinski definition) is 1. The van der Waals surface area contributed by atoms with Crippen molar-refractivity contribution in [3.8, 4) is 0 Å². The van der Waals surface area contributed by atoms with Gasteiger partial charge in [0.05, 0.1) is 0 Å². The van der Waals surface area contributed by atoms with Gasteiger partial charge < -0.3 is 5.32 Å². The zero-order valence-corrected chi connectivity index (χ0v) is 10.8. The average Bonchev–Trinajstić information content (AvgIpc) is 2.99. The Morgan fingerprint density at radius 3 is 2.61 bits per heavy atom. The fourth-order valence-corrected chi connectivity index (χ4v) is 3.33. The first-order chi connectivity index (χ1) is 8.72. The molecule has 2 aliphatic rings. The van der Waals surface area contributed by atoms with Crippen molar-refractivity contribution < 1.29 is 4.39 Å². The summed E-state index contributed by atoms with van der Waals surface area (Å²) in [7, 11) is 0. The quantitative estimate of drug-likeness (QED) is 0.798. The van der Waals surface area contributed by atoms with Gasteiger partial charge in [0.25, 0.3) is 0 Å². The first kappa shape index (κ1) is 11.9. The van der Waals surface area contributed by atoms with Gasteiger partial charge in [-0.05, 0) is 61.8 Å². The van der Waals surface area contributed by atoms with E-state index in [-0.39, 0.29) is 5.82 Å². The maximum atomic E-state index is 12.9. The Kier molecular flexibility index (Phi) is 3.21. The molecule has 0 amide bonds. The third kappa shape index (κ3) is 2.35. The monoisotopic (exact) mass is 245 g/mol. The van der Waals surface area contributed by atoms with Crippen LogP contribution in [0.5, 0.6) is 0 Å². The van der Waals surface area contributed by atoms with Gasteiger partial charge in [0.2, 0.25) is 0 Å². The third-order valence-electron chi connectivity index (χ3n) is 4.47. The highest BCUT2D eigenvalue weighted by Gasteiger charge is 2.35. The number of hydrogen-bond acceptors (Lipinski definition) is 1. The number of benzene rings is 1. The number of fused-ring (bicyclic) bond motifs is 2. The Morgan fingerprint density at radius 1 is 1.22 bits per heavy atom. The molecule has 18 heavy (non-hydrogen) atoms. The van der Waals surface area contributed by atoms with Crippen molar-refractivity contribution >= 4 is 0 Å². The van der Waals surface area contributed by atoms with Crippen molar-refractivity contribution in [2.24, 2.45) is 17.8 Å². The van der Waals surface area contributed by atoms with Gasteiger partial charge in [0, 0.05) is 6.04 Å². The summed E-state index contributed by atoms with van der Waals surface area (Å²) in [5.41, 5.74) is 1.16. The molecular formula is C16H20FN. The molecule has 4 atom stereocenters. The molecule has 0 heterocycles. The van der Waals surface area contributed by atoms with E-state index in [1.54, 1.807) is 0 Å². The van der Waals surface area contributed by atoms with E-state index >= 15 is 0 Å². The van der Waals surface area contributed by atoms with Gasteiger partial charge >= 0.3 is 0 Å². The van der Waals surface area contributed by atoms with Gasteiger partial charge in [-0.2, -0.15) is 0 Å². The Morgan fingerprint density at radius 2 is 2.00 bits per heavy atom. The second-order valence-corrected chi connectivity index (χ2v) is 5.72. The fourth-order valence-electron chi connectivity index (χ4n) is 3.33. The summed E-state index contributed by atoms with van der Waals surface area (Å²) >= 11 is 0. The molecule has 2 bridgehead atoms. The van der Waals surface area contributed by atoms with Crippen molar-refractivity contribution in [2.45, 2.75) is 25.8 Å². The molecule has 3 rings (SSSR count). The lowest BCUT2D eigenvalue weighted by atomic mass is 9.93. The number of rotatable bonds is 4. The molecule has 96 valence electrons. The van der Waals surface area contributed by atoms with Crippen LogP contribution in [-0.2, 0) is 0 Å². The molecule has 1 N–H and O–H groups in total. The van der Waals surface area contributed by atoms with E-state index in [2.05, 4.69) is 24.4 Å². The van der Waals surface area contributed by atoms with E-state index in [1.165, 1.54) is 25.0 Å². The molecule has 0 spiro atoms. The summed E-state index contributed by atoms with van der Waals surface area (Å²) in [5.74, 6) is 2.26. The molecule has 3 unspecified atom stereocenters. The van der Waals surface area contributed by atoms with Gasteiger partial charge in [-0.3, -0.25) is 0 Å². The van der Waals surface area contributed by atoms with Crippen LogP contribution in [0.25, 0.3) is 0 Å². The van der Waals surface area contributed by atoms with Gasteiger partial charge in [-0.1, -0.05) is 24.3 Å². The van der Waals surface area contributed by atoms with Crippen molar-refractivity contribution in [3.05, 3.63) is 47.8 Å². The molecule has 1 aromatic carbocycles. The third-order valence-corrected chi connectivity index (χ3v) is 4.47. The van der Waals surface area contributed by atoms with Crippen LogP contribution >= 0.6 is 0 Å². The topological polar surface area (TPSA) is 12.0 Å². The van der Waals surface area contributed by atoms with Crippen LogP contribution in [-0.4, -0.2) is 6.54 Å². The minimum atomic E-state index is -0.163. The lowest BCUT2D eigenvalue weighted by molar-refractivity contribution is 0.393. The second kappa shape index (κ2) is 4.85. The maximum absolute atomic E-state index is 12.9. The largest absolute Gasteiger partial charge is 0.310 e. The second-order valence-electron chi connectivity index (χ2n) is 5.72. The van der Waals surface area contributed by atoms with Crippen LogP contribution < -0.4 is 5.32 Å². The summed E-state index contributed by atoms with van der Waals surface area (Å²) in [4.78, 5) is 0. The van der Waals surface area contributed by atoms with Crippen LogP contribution in [0.3, 0.4) is 0 Å². The standard InChI is InChI=1S/C16H20FN/c1-11(13-4-6-16(17)7-5-13)18-10-15-9-12-2-3-14(15)8-12/h2-7,11-12,14-15,18H,8-10H2,1H3/t11-,12?,14?,15?/m0/s1. The van der Waals surface area contributed by atoms with E-state index in [0.29, 0.717) is 6.04 Å². The number of nitrogens with one attached hydrogen (secondary N) is 1. The maximum Gasteiger partial charge on any atom is 0.123 e. The molecule has 2 heteroatoms. The lowest BCUT2D eigenvalue weighted by Crippen LogP contribution is -2.27. The fraction of sp³-hybridized carbons (Fsp3) is 0.500. The highest BCUT2D eigenvalue weighted by atomic mass is 19.1. The van der Waals surface area contributed by atoms with Crippen LogP contribution in [0.15, 0.2) is 36.4 Å². The summed E-state index contributed by atoms with van der Waals surface area (Å²) in [6.07, 6.45) is 7.47. The van der Waals surface area contributed by atoms with Gasteiger partial charge in [0.1, 0.15) is 5.82 Å². The molecular weight excluding hydrogens is 225 g/mol. The average molecular weight is 245 g/mol. The molecule has 1 saturated carbocycles. The first-order valence-electron chi connectivity index (χ1n) is 6.89. The zero-order valence-electron chi connectivity index (χ0n) is 10.8. The molecule has 1 fully saturated rings. The number of halogens is 1.